The van der Waals surface area contributed by atoms with Crippen LogP contribution in [0.3, 0.4) is 0 Å². The largest absolute Gasteiger partial charge is 0.368 e. The molecule has 150 valence electrons. The zero-order valence-corrected chi connectivity index (χ0v) is 17.0. The van der Waals surface area contributed by atoms with Crippen molar-refractivity contribution in [3.63, 3.8) is 0 Å². The number of nitrogens with two attached hydrogens (primary N) is 1. The van der Waals surface area contributed by atoms with E-state index in [9.17, 15) is 4.79 Å². The second-order valence-corrected chi connectivity index (χ2v) is 7.18. The second kappa shape index (κ2) is 9.31. The van der Waals surface area contributed by atoms with Crippen LogP contribution >= 0.6 is 11.6 Å². The Balaban J connectivity index is 1.61. The fourth-order valence-corrected chi connectivity index (χ4v) is 2.88. The number of hydrogen-bond acceptors (Lipinski definition) is 6. The molecule has 0 aliphatic rings. The van der Waals surface area contributed by atoms with E-state index in [0.29, 0.717) is 29.0 Å². The van der Waals surface area contributed by atoms with Gasteiger partial charge in [0.15, 0.2) is 12.4 Å². The lowest BCUT2D eigenvalue weighted by Gasteiger charge is -2.14. The van der Waals surface area contributed by atoms with Gasteiger partial charge in [0.05, 0.1) is 7.05 Å². The first-order chi connectivity index (χ1) is 13.9. The van der Waals surface area contributed by atoms with Gasteiger partial charge in [-0.25, -0.2) is 0 Å². The highest BCUT2D eigenvalue weighted by Crippen LogP contribution is 2.17. The zero-order valence-electron chi connectivity index (χ0n) is 16.2. The maximum atomic E-state index is 12.3. The van der Waals surface area contributed by atoms with E-state index >= 15 is 0 Å². The topological polar surface area (TPSA) is 110 Å². The molecule has 1 unspecified atom stereocenters. The molecule has 1 heterocycles. The minimum atomic E-state index is -0.120. The number of nitrogens with one attached hydrogen (secondary N) is 3. The summed E-state index contributed by atoms with van der Waals surface area (Å²) in [5, 5.41) is 6.62. The molecule has 0 aliphatic carbocycles. The molecule has 0 saturated carbocycles. The SMILES string of the molecule is Cc1ccccc1Nc1nc(N)nc(C[NH+](C)CC(=O)Nc2ccc(Cl)cc2)n1. The van der Waals surface area contributed by atoms with Crippen LogP contribution in [-0.4, -0.2) is 34.5 Å². The number of nitrogen functional groups attached to an aromatic ring is 1. The molecule has 3 aromatic rings. The van der Waals surface area contributed by atoms with Crippen molar-refractivity contribution < 1.29 is 9.69 Å². The molecule has 5 N–H and O–H groups in total. The van der Waals surface area contributed by atoms with Gasteiger partial charge in [0.1, 0.15) is 6.54 Å². The molecule has 0 bridgehead atoms. The van der Waals surface area contributed by atoms with Crippen LogP contribution in [0.4, 0.5) is 23.3 Å². The predicted molar refractivity (Wildman–Crippen MR) is 114 cm³/mol. The molecule has 0 fully saturated rings. The number of quaternary nitrogens is 1. The standard InChI is InChI=1S/C20H22ClN7O/c1-13-5-3-4-6-16(13)24-20-26-17(25-19(22)27-20)11-28(2)12-18(29)23-15-9-7-14(21)8-10-15/h3-10H,11-12H2,1-2H3,(H,23,29)(H3,22,24,25,26,27)/p+1. The van der Waals surface area contributed by atoms with Crippen molar-refractivity contribution in [1.82, 2.24) is 15.0 Å². The van der Waals surface area contributed by atoms with Crippen molar-refractivity contribution in [2.45, 2.75) is 13.5 Å². The van der Waals surface area contributed by atoms with Gasteiger partial charge in [-0.05, 0) is 42.8 Å². The van der Waals surface area contributed by atoms with Crippen LogP contribution in [0.15, 0.2) is 48.5 Å². The summed E-state index contributed by atoms with van der Waals surface area (Å²) in [7, 11) is 1.88. The van der Waals surface area contributed by atoms with E-state index in [4.69, 9.17) is 17.3 Å². The molecule has 0 aliphatic heterocycles. The van der Waals surface area contributed by atoms with E-state index in [-0.39, 0.29) is 18.4 Å². The predicted octanol–water partition coefficient (Wildman–Crippen LogP) is 1.81. The minimum Gasteiger partial charge on any atom is -0.368 e. The van der Waals surface area contributed by atoms with E-state index in [1.54, 1.807) is 24.3 Å². The number of anilines is 4. The average Bonchev–Trinajstić information content (AvgIpc) is 2.65. The Bertz CT molecular complexity index is 994. The number of benzene rings is 2. The van der Waals surface area contributed by atoms with Gasteiger partial charge < -0.3 is 21.3 Å². The van der Waals surface area contributed by atoms with Gasteiger partial charge in [-0.15, -0.1) is 0 Å². The number of hydrogen-bond donors (Lipinski definition) is 4. The number of aryl methyl sites for hydroxylation is 1. The Morgan fingerprint density at radius 1 is 1.10 bits per heavy atom. The number of aromatic nitrogens is 3. The summed E-state index contributed by atoms with van der Waals surface area (Å²) in [5.41, 5.74) is 8.50. The quantitative estimate of drug-likeness (QED) is 0.471. The maximum absolute atomic E-state index is 12.3. The molecule has 1 atom stereocenters. The number of carbonyl (C=O) groups excluding carboxylic acids is 1. The van der Waals surface area contributed by atoms with E-state index in [2.05, 4.69) is 25.6 Å². The number of para-hydroxylation sites is 1. The highest BCUT2D eigenvalue weighted by atomic mass is 35.5. The number of nitrogens with zero attached hydrogens (tertiary/aromatic N) is 3. The molecule has 3 rings (SSSR count). The normalized spacial score (nSPS) is 11.7. The van der Waals surface area contributed by atoms with Crippen LogP contribution in [0.25, 0.3) is 0 Å². The van der Waals surface area contributed by atoms with Gasteiger partial charge in [0.2, 0.25) is 11.9 Å². The first-order valence-corrected chi connectivity index (χ1v) is 9.46. The molecule has 1 aromatic heterocycles. The van der Waals surface area contributed by atoms with E-state index in [1.165, 1.54) is 0 Å². The van der Waals surface area contributed by atoms with Crippen LogP contribution in [-0.2, 0) is 11.3 Å². The van der Waals surface area contributed by atoms with Crippen molar-refractivity contribution >= 4 is 40.8 Å². The molecular formula is C20H23ClN7O+. The Labute approximate surface area is 174 Å². The van der Waals surface area contributed by atoms with Crippen molar-refractivity contribution in [1.29, 1.82) is 0 Å². The van der Waals surface area contributed by atoms with Gasteiger partial charge in [0.25, 0.3) is 5.91 Å². The number of carbonyl (C=O) groups is 1. The number of likely N-dealkylation sites (N-methyl/N-ethyl adjacent to an activating group) is 1. The van der Waals surface area contributed by atoms with E-state index in [1.807, 2.05) is 38.2 Å². The van der Waals surface area contributed by atoms with Crippen molar-refractivity contribution in [3.8, 4) is 0 Å². The van der Waals surface area contributed by atoms with Gasteiger partial charge in [-0.1, -0.05) is 29.8 Å². The highest BCUT2D eigenvalue weighted by molar-refractivity contribution is 6.30. The average molecular weight is 413 g/mol. The molecular weight excluding hydrogens is 390 g/mol. The van der Waals surface area contributed by atoms with Gasteiger partial charge in [0, 0.05) is 16.4 Å². The summed E-state index contributed by atoms with van der Waals surface area (Å²) in [4.78, 5) is 25.9. The van der Waals surface area contributed by atoms with Crippen LogP contribution in [0.1, 0.15) is 11.4 Å². The monoisotopic (exact) mass is 412 g/mol. The third kappa shape index (κ3) is 6.13. The van der Waals surface area contributed by atoms with Crippen LogP contribution in [0, 0.1) is 6.92 Å². The third-order valence-corrected chi connectivity index (χ3v) is 4.39. The summed E-state index contributed by atoms with van der Waals surface area (Å²) < 4.78 is 0. The minimum absolute atomic E-state index is 0.120. The summed E-state index contributed by atoms with van der Waals surface area (Å²) in [6, 6.07) is 14.8. The Kier molecular flexibility index (Phi) is 6.58. The molecule has 0 radical (unpaired) electrons. The van der Waals surface area contributed by atoms with Gasteiger partial charge >= 0.3 is 0 Å². The molecule has 0 saturated heterocycles. The maximum Gasteiger partial charge on any atom is 0.279 e. The summed E-state index contributed by atoms with van der Waals surface area (Å²) in [6.07, 6.45) is 0. The van der Waals surface area contributed by atoms with E-state index < -0.39 is 0 Å². The van der Waals surface area contributed by atoms with Gasteiger partial charge in [-0.2, -0.15) is 15.0 Å². The first kappa shape index (κ1) is 20.5. The van der Waals surface area contributed by atoms with Crippen molar-refractivity contribution in [2.75, 3.05) is 30.0 Å². The highest BCUT2D eigenvalue weighted by Gasteiger charge is 2.14. The fraction of sp³-hybridized carbons (Fsp3) is 0.200. The summed E-state index contributed by atoms with van der Waals surface area (Å²) >= 11 is 5.86. The number of halogens is 1. The molecule has 0 spiro atoms. The van der Waals surface area contributed by atoms with Crippen LogP contribution in [0.2, 0.25) is 5.02 Å². The first-order valence-electron chi connectivity index (χ1n) is 9.09. The lowest BCUT2D eigenvalue weighted by molar-refractivity contribution is -0.885. The van der Waals surface area contributed by atoms with Crippen LogP contribution < -0.4 is 21.3 Å². The molecule has 2 aromatic carbocycles. The molecule has 9 heteroatoms. The number of amides is 1. The second-order valence-electron chi connectivity index (χ2n) is 6.74. The fourth-order valence-electron chi connectivity index (χ4n) is 2.75. The Morgan fingerprint density at radius 3 is 2.55 bits per heavy atom. The molecule has 1 amide bonds. The van der Waals surface area contributed by atoms with Crippen molar-refractivity contribution in [3.05, 3.63) is 64.9 Å². The zero-order chi connectivity index (χ0) is 20.8. The lowest BCUT2D eigenvalue weighted by Crippen LogP contribution is -3.08. The van der Waals surface area contributed by atoms with E-state index in [0.717, 1.165) is 16.2 Å². The Hall–Kier alpha value is -3.23. The molecule has 29 heavy (non-hydrogen) atoms. The Morgan fingerprint density at radius 2 is 1.83 bits per heavy atom. The van der Waals surface area contributed by atoms with Gasteiger partial charge in [-0.3, -0.25) is 4.79 Å². The summed E-state index contributed by atoms with van der Waals surface area (Å²) in [6.45, 7) is 2.66. The number of rotatable bonds is 7. The third-order valence-electron chi connectivity index (χ3n) is 4.14. The smallest absolute Gasteiger partial charge is 0.279 e. The summed E-state index contributed by atoms with van der Waals surface area (Å²) in [5.74, 6) is 0.889. The lowest BCUT2D eigenvalue weighted by atomic mass is 10.2. The van der Waals surface area contributed by atoms with Crippen LogP contribution in [0.5, 0.6) is 0 Å². The van der Waals surface area contributed by atoms with Crippen molar-refractivity contribution in [2.24, 2.45) is 0 Å². The molecule has 8 nitrogen and oxygen atoms in total.